The first kappa shape index (κ1) is 12.3. The third-order valence-electron chi connectivity index (χ3n) is 1.75. The molecule has 2 N–H and O–H groups in total. The molecule has 0 radical (unpaired) electrons. The normalized spacial score (nSPS) is 9.62. The second-order valence-corrected chi connectivity index (χ2v) is 3.87. The molecule has 1 aromatic rings. The molecular formula is C9H11NO5S. The Hall–Kier alpha value is -1.76. The maximum absolute atomic E-state index is 11.3. The average Bonchev–Trinajstić information content (AvgIpc) is 2.68. The van der Waals surface area contributed by atoms with Crippen LogP contribution in [0.15, 0.2) is 6.07 Å². The zero-order chi connectivity index (χ0) is 12.1. The van der Waals surface area contributed by atoms with Crippen molar-refractivity contribution in [2.45, 2.75) is 6.54 Å². The maximum Gasteiger partial charge on any atom is 0.404 e. The van der Waals surface area contributed by atoms with Gasteiger partial charge in [0.15, 0.2) is 5.06 Å². The highest BCUT2D eigenvalue weighted by atomic mass is 32.1. The van der Waals surface area contributed by atoms with Crippen molar-refractivity contribution in [1.82, 2.24) is 5.32 Å². The van der Waals surface area contributed by atoms with Gasteiger partial charge in [0.25, 0.3) is 0 Å². The fourth-order valence-electron chi connectivity index (χ4n) is 1.08. The van der Waals surface area contributed by atoms with Crippen LogP contribution in [0, 0.1) is 0 Å². The van der Waals surface area contributed by atoms with E-state index in [9.17, 15) is 9.59 Å². The van der Waals surface area contributed by atoms with Crippen molar-refractivity contribution >= 4 is 23.4 Å². The minimum Gasteiger partial charge on any atom is -0.487 e. The van der Waals surface area contributed by atoms with Crippen LogP contribution >= 0.6 is 11.3 Å². The molecule has 16 heavy (non-hydrogen) atoms. The van der Waals surface area contributed by atoms with E-state index in [2.05, 4.69) is 10.1 Å². The largest absolute Gasteiger partial charge is 0.487 e. The van der Waals surface area contributed by atoms with E-state index in [0.29, 0.717) is 15.5 Å². The molecule has 7 heteroatoms. The van der Waals surface area contributed by atoms with Crippen LogP contribution in [0.3, 0.4) is 0 Å². The summed E-state index contributed by atoms with van der Waals surface area (Å²) in [6.07, 6.45) is -1.12. The molecule has 0 atom stereocenters. The van der Waals surface area contributed by atoms with Crippen LogP contribution in [0.2, 0.25) is 0 Å². The molecule has 88 valence electrons. The minimum atomic E-state index is -1.12. The van der Waals surface area contributed by atoms with Gasteiger partial charge in [-0.3, -0.25) is 0 Å². The highest BCUT2D eigenvalue weighted by Gasteiger charge is 2.17. The van der Waals surface area contributed by atoms with Crippen molar-refractivity contribution in [3.05, 3.63) is 16.5 Å². The molecular weight excluding hydrogens is 234 g/mol. The molecule has 0 bridgehead atoms. The Kier molecular flexibility index (Phi) is 4.12. The van der Waals surface area contributed by atoms with Gasteiger partial charge in [0, 0.05) is 4.88 Å². The minimum absolute atomic E-state index is 0.132. The van der Waals surface area contributed by atoms with Gasteiger partial charge >= 0.3 is 12.1 Å². The summed E-state index contributed by atoms with van der Waals surface area (Å²) < 4.78 is 9.57. The van der Waals surface area contributed by atoms with Gasteiger partial charge in [-0.15, -0.1) is 11.3 Å². The van der Waals surface area contributed by atoms with E-state index in [-0.39, 0.29) is 6.54 Å². The molecule has 0 aliphatic carbocycles. The Bertz CT molecular complexity index is 401. The average molecular weight is 245 g/mol. The lowest BCUT2D eigenvalue weighted by atomic mass is 10.3. The summed E-state index contributed by atoms with van der Waals surface area (Å²) in [5.41, 5.74) is 0.303. The van der Waals surface area contributed by atoms with Crippen LogP contribution in [0.5, 0.6) is 5.06 Å². The van der Waals surface area contributed by atoms with Gasteiger partial charge in [0.1, 0.15) is 5.56 Å². The van der Waals surface area contributed by atoms with Gasteiger partial charge in [-0.2, -0.15) is 0 Å². The number of ether oxygens (including phenoxy) is 2. The van der Waals surface area contributed by atoms with Crippen LogP contribution in [-0.4, -0.2) is 31.4 Å². The Morgan fingerprint density at radius 3 is 2.69 bits per heavy atom. The second-order valence-electron chi connectivity index (χ2n) is 2.77. The number of rotatable bonds is 4. The van der Waals surface area contributed by atoms with E-state index in [0.717, 1.165) is 0 Å². The second kappa shape index (κ2) is 5.36. The van der Waals surface area contributed by atoms with Gasteiger partial charge < -0.3 is 19.9 Å². The Morgan fingerprint density at radius 1 is 1.50 bits per heavy atom. The first-order chi connectivity index (χ1) is 7.58. The topological polar surface area (TPSA) is 84.9 Å². The number of esters is 1. The highest BCUT2D eigenvalue weighted by molar-refractivity contribution is 7.14. The summed E-state index contributed by atoms with van der Waals surface area (Å²) in [6, 6.07) is 1.55. The summed E-state index contributed by atoms with van der Waals surface area (Å²) in [7, 11) is 2.71. The standard InChI is InChI=1S/C9H11NO5S/c1-14-7(11)6-3-5(4-10-9(12)13)16-8(6)15-2/h3,10H,4H2,1-2H3,(H,12,13). The van der Waals surface area contributed by atoms with Crippen LogP contribution in [0.4, 0.5) is 4.79 Å². The van der Waals surface area contributed by atoms with Crippen molar-refractivity contribution < 1.29 is 24.2 Å². The predicted molar refractivity (Wildman–Crippen MR) is 57.1 cm³/mol. The molecule has 0 aromatic carbocycles. The molecule has 1 amide bonds. The number of carbonyl (C=O) groups excluding carboxylic acids is 1. The van der Waals surface area contributed by atoms with E-state index in [1.54, 1.807) is 6.07 Å². The molecule has 0 spiro atoms. The van der Waals surface area contributed by atoms with Gasteiger partial charge in [0.2, 0.25) is 0 Å². The van der Waals surface area contributed by atoms with E-state index < -0.39 is 12.1 Å². The summed E-state index contributed by atoms with van der Waals surface area (Å²) in [6.45, 7) is 0.132. The monoisotopic (exact) mass is 245 g/mol. The van der Waals surface area contributed by atoms with Crippen molar-refractivity contribution in [3.8, 4) is 5.06 Å². The number of nitrogens with one attached hydrogen (secondary N) is 1. The third kappa shape index (κ3) is 2.86. The SMILES string of the molecule is COC(=O)c1cc(CNC(=O)O)sc1OC. The summed E-state index contributed by atoms with van der Waals surface area (Å²) in [5, 5.41) is 11.0. The first-order valence-electron chi connectivity index (χ1n) is 4.30. The molecule has 1 rings (SSSR count). The molecule has 1 heterocycles. The van der Waals surface area contributed by atoms with Crippen LogP contribution in [0.25, 0.3) is 0 Å². The first-order valence-corrected chi connectivity index (χ1v) is 5.12. The molecule has 0 aliphatic rings. The van der Waals surface area contributed by atoms with Gasteiger partial charge in [-0.05, 0) is 6.07 Å². The predicted octanol–water partition coefficient (Wildman–Crippen LogP) is 1.31. The zero-order valence-electron chi connectivity index (χ0n) is 8.77. The van der Waals surface area contributed by atoms with Crippen LogP contribution in [0.1, 0.15) is 15.2 Å². The lowest BCUT2D eigenvalue weighted by molar-refractivity contribution is 0.0598. The fraction of sp³-hybridized carbons (Fsp3) is 0.333. The number of thiophene rings is 1. The number of hydrogen-bond acceptors (Lipinski definition) is 5. The van der Waals surface area contributed by atoms with E-state index in [4.69, 9.17) is 9.84 Å². The summed E-state index contributed by atoms with van der Waals surface area (Å²) in [5.74, 6) is -0.505. The molecule has 0 saturated heterocycles. The molecule has 1 aromatic heterocycles. The number of amides is 1. The van der Waals surface area contributed by atoms with Crippen molar-refractivity contribution in [2.75, 3.05) is 14.2 Å². The number of carbonyl (C=O) groups is 2. The third-order valence-corrected chi connectivity index (χ3v) is 2.85. The van der Waals surface area contributed by atoms with E-state index in [1.807, 2.05) is 0 Å². The maximum atomic E-state index is 11.3. The molecule has 0 saturated carbocycles. The van der Waals surface area contributed by atoms with E-state index >= 15 is 0 Å². The number of hydrogen-bond donors (Lipinski definition) is 2. The summed E-state index contributed by atoms with van der Waals surface area (Å²) in [4.78, 5) is 22.3. The molecule has 6 nitrogen and oxygen atoms in total. The van der Waals surface area contributed by atoms with Gasteiger partial charge in [-0.25, -0.2) is 9.59 Å². The van der Waals surface area contributed by atoms with Crippen molar-refractivity contribution in [1.29, 1.82) is 0 Å². The fourth-order valence-corrected chi connectivity index (χ4v) is 1.97. The van der Waals surface area contributed by atoms with E-state index in [1.165, 1.54) is 25.6 Å². The van der Waals surface area contributed by atoms with Crippen molar-refractivity contribution in [3.63, 3.8) is 0 Å². The molecule has 0 aliphatic heterocycles. The van der Waals surface area contributed by atoms with Gasteiger partial charge in [-0.1, -0.05) is 0 Å². The molecule has 0 unspecified atom stereocenters. The Balaban J connectivity index is 2.85. The lowest BCUT2D eigenvalue weighted by Gasteiger charge is -1.98. The highest BCUT2D eigenvalue weighted by Crippen LogP contribution is 2.30. The van der Waals surface area contributed by atoms with Crippen LogP contribution < -0.4 is 10.1 Å². The lowest BCUT2D eigenvalue weighted by Crippen LogP contribution is -2.19. The van der Waals surface area contributed by atoms with Crippen molar-refractivity contribution in [2.24, 2.45) is 0 Å². The zero-order valence-corrected chi connectivity index (χ0v) is 9.59. The van der Waals surface area contributed by atoms with Crippen LogP contribution in [-0.2, 0) is 11.3 Å². The summed E-state index contributed by atoms with van der Waals surface area (Å²) >= 11 is 1.20. The number of carboxylic acid groups (broad SMARTS) is 1. The number of methoxy groups -OCH3 is 2. The quantitative estimate of drug-likeness (QED) is 0.781. The van der Waals surface area contributed by atoms with Gasteiger partial charge in [0.05, 0.1) is 20.8 Å². The Morgan fingerprint density at radius 2 is 2.19 bits per heavy atom. The Labute approximate surface area is 95.8 Å². The molecule has 0 fully saturated rings. The smallest absolute Gasteiger partial charge is 0.404 e.